The molecule has 0 aromatic heterocycles. The van der Waals surface area contributed by atoms with Crippen molar-refractivity contribution in [2.45, 2.75) is 45.8 Å². The van der Waals surface area contributed by atoms with Gasteiger partial charge < -0.3 is 14.6 Å². The lowest BCUT2D eigenvalue weighted by Crippen LogP contribution is -2.27. The van der Waals surface area contributed by atoms with Gasteiger partial charge in [0.25, 0.3) is 0 Å². The van der Waals surface area contributed by atoms with E-state index in [4.69, 9.17) is 9.47 Å². The quantitative estimate of drug-likeness (QED) is 0.890. The molecule has 20 heavy (non-hydrogen) atoms. The Kier molecular flexibility index (Phi) is 5.39. The number of carbonyl (C=O) groups is 1. The maximum Gasteiger partial charge on any atom is 0.412 e. The van der Waals surface area contributed by atoms with Gasteiger partial charge in [-0.3, -0.25) is 5.32 Å². The molecule has 0 heterocycles. The van der Waals surface area contributed by atoms with Crippen molar-refractivity contribution in [3.63, 3.8) is 0 Å². The summed E-state index contributed by atoms with van der Waals surface area (Å²) in [6, 6.07) is 5.26. The third kappa shape index (κ3) is 5.48. The maximum atomic E-state index is 11.7. The molecule has 112 valence electrons. The van der Waals surface area contributed by atoms with Gasteiger partial charge in [-0.1, -0.05) is 0 Å². The Hall–Kier alpha value is -1.75. The molecule has 5 heteroatoms. The van der Waals surface area contributed by atoms with E-state index in [1.165, 1.54) is 0 Å². The number of nitrogens with one attached hydrogen (secondary N) is 1. The lowest BCUT2D eigenvalue weighted by Gasteiger charge is -2.20. The Morgan fingerprint density at radius 3 is 2.55 bits per heavy atom. The van der Waals surface area contributed by atoms with Gasteiger partial charge in [-0.15, -0.1) is 0 Å². The highest BCUT2D eigenvalue weighted by Crippen LogP contribution is 2.24. The van der Waals surface area contributed by atoms with Crippen LogP contribution in [0.3, 0.4) is 0 Å². The molecule has 0 aliphatic heterocycles. The number of carbonyl (C=O) groups excluding carboxylic acids is 1. The molecule has 0 aliphatic carbocycles. The summed E-state index contributed by atoms with van der Waals surface area (Å²) in [5, 5.41) is 12.1. The second-order valence-corrected chi connectivity index (χ2v) is 5.71. The van der Waals surface area contributed by atoms with Crippen LogP contribution in [-0.4, -0.2) is 30.0 Å². The normalized spacial score (nSPS) is 12.7. The van der Waals surface area contributed by atoms with E-state index in [9.17, 15) is 9.90 Å². The highest BCUT2D eigenvalue weighted by molar-refractivity contribution is 5.85. The van der Waals surface area contributed by atoms with Crippen LogP contribution in [0.1, 0.15) is 33.3 Å². The smallest absolute Gasteiger partial charge is 0.412 e. The lowest BCUT2D eigenvalue weighted by atomic mass is 10.1. The van der Waals surface area contributed by atoms with E-state index in [0.29, 0.717) is 17.9 Å². The number of aliphatic hydroxyl groups is 1. The zero-order valence-corrected chi connectivity index (χ0v) is 12.7. The topological polar surface area (TPSA) is 67.8 Å². The first-order chi connectivity index (χ1) is 9.21. The minimum absolute atomic E-state index is 0.451. The van der Waals surface area contributed by atoms with Gasteiger partial charge in [0.15, 0.2) is 0 Å². The fourth-order valence-corrected chi connectivity index (χ4v) is 1.76. The maximum absolute atomic E-state index is 11.7. The molecule has 1 aromatic carbocycles. The van der Waals surface area contributed by atoms with Crippen LogP contribution < -0.4 is 10.1 Å². The molecular weight excluding hydrogens is 258 g/mol. The van der Waals surface area contributed by atoms with Crippen molar-refractivity contribution < 1.29 is 19.4 Å². The van der Waals surface area contributed by atoms with Crippen LogP contribution in [0.2, 0.25) is 0 Å². The molecule has 0 fully saturated rings. The summed E-state index contributed by atoms with van der Waals surface area (Å²) >= 11 is 0. The van der Waals surface area contributed by atoms with E-state index in [1.54, 1.807) is 53.0 Å². The Morgan fingerprint density at radius 1 is 1.40 bits per heavy atom. The van der Waals surface area contributed by atoms with E-state index in [1.807, 2.05) is 0 Å². The second kappa shape index (κ2) is 6.61. The first kappa shape index (κ1) is 16.3. The highest BCUT2D eigenvalue weighted by Gasteiger charge is 2.16. The van der Waals surface area contributed by atoms with Crippen LogP contribution in [0.5, 0.6) is 5.75 Å². The Morgan fingerprint density at radius 2 is 2.05 bits per heavy atom. The molecule has 1 rings (SSSR count). The first-order valence-corrected chi connectivity index (χ1v) is 6.56. The predicted molar refractivity (Wildman–Crippen MR) is 78.2 cm³/mol. The largest absolute Gasteiger partial charge is 0.496 e. The molecular formula is C15H23NO4. The highest BCUT2D eigenvalue weighted by atomic mass is 16.6. The van der Waals surface area contributed by atoms with E-state index in [-0.39, 0.29) is 0 Å². The summed E-state index contributed by atoms with van der Waals surface area (Å²) in [5.74, 6) is 0.681. The number of aliphatic hydroxyl groups excluding tert-OH is 1. The van der Waals surface area contributed by atoms with Crippen molar-refractivity contribution >= 4 is 11.8 Å². The Labute approximate surface area is 119 Å². The molecule has 0 spiro atoms. The van der Waals surface area contributed by atoms with Gasteiger partial charge in [-0.25, -0.2) is 4.79 Å². The van der Waals surface area contributed by atoms with Crippen molar-refractivity contribution in [2.24, 2.45) is 0 Å². The third-order valence-corrected chi connectivity index (χ3v) is 2.44. The summed E-state index contributed by atoms with van der Waals surface area (Å²) in [6.07, 6.45) is -0.543. The van der Waals surface area contributed by atoms with Crippen molar-refractivity contribution in [2.75, 3.05) is 12.4 Å². The SMILES string of the molecule is COc1ccc(NC(=O)OC(C)(C)C)cc1C[C@H](C)O. The number of rotatable bonds is 4. The molecule has 0 aliphatic rings. The molecule has 0 saturated carbocycles. The summed E-state index contributed by atoms with van der Waals surface area (Å²) in [5.41, 5.74) is 0.894. The standard InChI is InChI=1S/C15H23NO4/c1-10(17)8-11-9-12(6-7-13(11)19-5)16-14(18)20-15(2,3)4/h6-7,9-10,17H,8H2,1-5H3,(H,16,18)/t10-/m0/s1. The van der Waals surface area contributed by atoms with Crippen molar-refractivity contribution in [3.8, 4) is 5.75 Å². The van der Waals surface area contributed by atoms with Gasteiger partial charge >= 0.3 is 6.09 Å². The van der Waals surface area contributed by atoms with E-state index < -0.39 is 17.8 Å². The van der Waals surface area contributed by atoms with Crippen molar-refractivity contribution in [1.82, 2.24) is 0 Å². The molecule has 5 nitrogen and oxygen atoms in total. The molecule has 1 aromatic rings. The summed E-state index contributed by atoms with van der Waals surface area (Å²) < 4.78 is 10.4. The van der Waals surface area contributed by atoms with Crippen LogP contribution in [0.25, 0.3) is 0 Å². The number of ether oxygens (including phenoxy) is 2. The summed E-state index contributed by atoms with van der Waals surface area (Å²) in [7, 11) is 1.57. The number of anilines is 1. The lowest BCUT2D eigenvalue weighted by molar-refractivity contribution is 0.0636. The minimum atomic E-state index is -0.543. The van der Waals surface area contributed by atoms with Gasteiger partial charge in [0.1, 0.15) is 11.4 Å². The fraction of sp³-hybridized carbons (Fsp3) is 0.533. The van der Waals surface area contributed by atoms with Crippen molar-refractivity contribution in [1.29, 1.82) is 0 Å². The van der Waals surface area contributed by atoms with Gasteiger partial charge in [0.05, 0.1) is 13.2 Å². The van der Waals surface area contributed by atoms with E-state index in [0.717, 1.165) is 5.56 Å². The summed E-state index contributed by atoms with van der Waals surface area (Å²) in [4.78, 5) is 11.7. The van der Waals surface area contributed by atoms with Crippen LogP contribution in [0, 0.1) is 0 Å². The number of benzene rings is 1. The number of methoxy groups -OCH3 is 1. The van der Waals surface area contributed by atoms with Crippen LogP contribution in [0.15, 0.2) is 18.2 Å². The van der Waals surface area contributed by atoms with Crippen LogP contribution in [0.4, 0.5) is 10.5 Å². The van der Waals surface area contributed by atoms with Gasteiger partial charge in [-0.05, 0) is 51.5 Å². The average molecular weight is 281 g/mol. The van der Waals surface area contributed by atoms with Crippen LogP contribution in [-0.2, 0) is 11.2 Å². The average Bonchev–Trinajstić information content (AvgIpc) is 2.25. The Bertz CT molecular complexity index is 463. The molecule has 0 saturated heterocycles. The molecule has 1 amide bonds. The van der Waals surface area contributed by atoms with Gasteiger partial charge in [-0.2, -0.15) is 0 Å². The molecule has 2 N–H and O–H groups in total. The van der Waals surface area contributed by atoms with Gasteiger partial charge in [0, 0.05) is 12.1 Å². The number of hydrogen-bond acceptors (Lipinski definition) is 4. The number of hydrogen-bond donors (Lipinski definition) is 2. The predicted octanol–water partition coefficient (Wildman–Crippen LogP) is 2.97. The first-order valence-electron chi connectivity index (χ1n) is 6.56. The van der Waals surface area contributed by atoms with Crippen molar-refractivity contribution in [3.05, 3.63) is 23.8 Å². The zero-order valence-electron chi connectivity index (χ0n) is 12.7. The van der Waals surface area contributed by atoms with Crippen LogP contribution >= 0.6 is 0 Å². The molecule has 1 atom stereocenters. The third-order valence-electron chi connectivity index (χ3n) is 2.44. The summed E-state index contributed by atoms with van der Waals surface area (Å²) in [6.45, 7) is 7.12. The monoisotopic (exact) mass is 281 g/mol. The zero-order chi connectivity index (χ0) is 15.3. The molecule has 0 bridgehead atoms. The minimum Gasteiger partial charge on any atom is -0.496 e. The second-order valence-electron chi connectivity index (χ2n) is 5.71. The van der Waals surface area contributed by atoms with E-state index >= 15 is 0 Å². The Balaban J connectivity index is 2.83. The number of amides is 1. The molecule has 0 unspecified atom stereocenters. The van der Waals surface area contributed by atoms with E-state index in [2.05, 4.69) is 5.32 Å². The molecule has 0 radical (unpaired) electrons. The fourth-order valence-electron chi connectivity index (χ4n) is 1.76. The van der Waals surface area contributed by atoms with Gasteiger partial charge in [0.2, 0.25) is 0 Å².